The number of nitrogens with one attached hydrogen (secondary N) is 1. The van der Waals surface area contributed by atoms with Gasteiger partial charge in [0.1, 0.15) is 28.9 Å². The molecule has 1 amide bonds. The Bertz CT molecular complexity index is 763. The third-order valence-electron chi connectivity index (χ3n) is 3.49. The number of amides is 1. The predicted octanol–water partition coefficient (Wildman–Crippen LogP) is 0.774. The number of hydrogen-bond acceptors (Lipinski definition) is 5. The summed E-state index contributed by atoms with van der Waals surface area (Å²) in [5, 5.41) is 21.6. The van der Waals surface area contributed by atoms with Gasteiger partial charge in [-0.15, -0.1) is 0 Å². The molecule has 1 atom stereocenters. The molecule has 2 rings (SSSR count). The van der Waals surface area contributed by atoms with Crippen LogP contribution in [0.3, 0.4) is 0 Å². The molecule has 1 aromatic carbocycles. The summed E-state index contributed by atoms with van der Waals surface area (Å²) in [6, 6.07) is 4.98. The lowest BCUT2D eigenvalue weighted by molar-refractivity contribution is -0.125. The highest BCUT2D eigenvalue weighted by atomic mass is 19.1. The lowest BCUT2D eigenvalue weighted by atomic mass is 9.70. The summed E-state index contributed by atoms with van der Waals surface area (Å²) >= 11 is 0. The lowest BCUT2D eigenvalue weighted by Crippen LogP contribution is -2.42. The number of nitrogens with zero attached hydrogens (tertiary/aromatic N) is 1. The normalized spacial score (nSPS) is 20.1. The molecular formula is C15H11FN2O4. The monoisotopic (exact) mass is 302 g/mol. The van der Waals surface area contributed by atoms with Crippen LogP contribution < -0.4 is 5.32 Å². The minimum Gasteiger partial charge on any atom is -0.506 e. The Hall–Kier alpha value is -3.01. The van der Waals surface area contributed by atoms with E-state index in [0.29, 0.717) is 6.29 Å². The minimum atomic E-state index is -1.81. The van der Waals surface area contributed by atoms with Gasteiger partial charge in [-0.1, -0.05) is 0 Å². The smallest absolute Gasteiger partial charge is 0.259 e. The highest BCUT2D eigenvalue weighted by Crippen LogP contribution is 2.39. The Balaban J connectivity index is 2.70. The molecule has 22 heavy (non-hydrogen) atoms. The van der Waals surface area contributed by atoms with Crippen molar-refractivity contribution in [1.29, 1.82) is 5.26 Å². The van der Waals surface area contributed by atoms with E-state index in [1.165, 1.54) is 13.0 Å². The molecule has 0 unspecified atom stereocenters. The van der Waals surface area contributed by atoms with Crippen molar-refractivity contribution >= 4 is 23.7 Å². The van der Waals surface area contributed by atoms with Gasteiger partial charge in [0.15, 0.2) is 5.78 Å². The fraction of sp³-hybridized carbons (Fsp3) is 0.200. The molecule has 1 aromatic rings. The lowest BCUT2D eigenvalue weighted by Gasteiger charge is -2.29. The topological polar surface area (TPSA) is 107 Å². The van der Waals surface area contributed by atoms with Crippen LogP contribution in [0.5, 0.6) is 0 Å². The molecule has 0 heterocycles. The van der Waals surface area contributed by atoms with Crippen LogP contribution in [0.2, 0.25) is 0 Å². The number of rotatable bonds is 3. The van der Waals surface area contributed by atoms with Gasteiger partial charge in [0.05, 0.1) is 12.6 Å². The second-order valence-corrected chi connectivity index (χ2v) is 4.86. The number of aliphatic hydroxyl groups excluding tert-OH is 1. The zero-order chi connectivity index (χ0) is 16.5. The van der Waals surface area contributed by atoms with Crippen molar-refractivity contribution in [2.45, 2.75) is 12.3 Å². The first-order chi connectivity index (χ1) is 10.4. The second-order valence-electron chi connectivity index (χ2n) is 4.86. The van der Waals surface area contributed by atoms with Gasteiger partial charge in [-0.2, -0.15) is 5.26 Å². The first-order valence-electron chi connectivity index (χ1n) is 6.28. The Morgan fingerprint density at radius 2 is 2.23 bits per heavy atom. The van der Waals surface area contributed by atoms with E-state index in [1.54, 1.807) is 6.07 Å². The SMILES string of the molecule is C[C@@]1(C#N)C(=O)C(C(=O)NCC=O)=C(O)c2ccc(F)cc21. The Morgan fingerprint density at radius 3 is 2.82 bits per heavy atom. The van der Waals surface area contributed by atoms with E-state index in [-0.39, 0.29) is 17.7 Å². The molecule has 112 valence electrons. The van der Waals surface area contributed by atoms with Crippen molar-refractivity contribution in [3.8, 4) is 6.07 Å². The van der Waals surface area contributed by atoms with Crippen LogP contribution in [-0.4, -0.2) is 29.6 Å². The molecule has 0 aliphatic heterocycles. The summed E-state index contributed by atoms with van der Waals surface area (Å²) < 4.78 is 13.4. The number of carbonyl (C=O) groups is 3. The average molecular weight is 302 g/mol. The number of benzene rings is 1. The molecule has 0 saturated heterocycles. The zero-order valence-corrected chi connectivity index (χ0v) is 11.5. The van der Waals surface area contributed by atoms with Crippen LogP contribution in [0.4, 0.5) is 4.39 Å². The quantitative estimate of drug-likeness (QED) is 0.633. The first kappa shape index (κ1) is 15.4. The van der Waals surface area contributed by atoms with Crippen molar-refractivity contribution < 1.29 is 23.9 Å². The average Bonchev–Trinajstić information content (AvgIpc) is 2.50. The number of ketones is 1. The molecule has 0 spiro atoms. The van der Waals surface area contributed by atoms with Gasteiger partial charge in [-0.3, -0.25) is 9.59 Å². The summed E-state index contributed by atoms with van der Waals surface area (Å²) in [5.41, 5.74) is -2.41. The minimum absolute atomic E-state index is 0.00978. The Labute approximate surface area is 124 Å². The number of Topliss-reactive ketones (excluding diaryl/α,β-unsaturated/α-hetero) is 1. The first-order valence-corrected chi connectivity index (χ1v) is 6.28. The number of aliphatic hydroxyl groups is 1. The molecule has 0 saturated carbocycles. The highest BCUT2D eigenvalue weighted by Gasteiger charge is 2.47. The molecule has 1 aliphatic rings. The van der Waals surface area contributed by atoms with Crippen LogP contribution in [-0.2, 0) is 19.8 Å². The van der Waals surface area contributed by atoms with Gasteiger partial charge < -0.3 is 15.2 Å². The van der Waals surface area contributed by atoms with Gasteiger partial charge >= 0.3 is 0 Å². The summed E-state index contributed by atoms with van der Waals surface area (Å²) in [7, 11) is 0. The van der Waals surface area contributed by atoms with E-state index in [0.717, 1.165) is 12.1 Å². The largest absolute Gasteiger partial charge is 0.506 e. The van der Waals surface area contributed by atoms with Crippen LogP contribution >= 0.6 is 0 Å². The summed E-state index contributed by atoms with van der Waals surface area (Å²) in [5.74, 6) is -3.23. The number of hydrogen-bond donors (Lipinski definition) is 2. The molecule has 0 aromatic heterocycles. The Morgan fingerprint density at radius 1 is 1.55 bits per heavy atom. The molecule has 0 radical (unpaired) electrons. The molecule has 1 aliphatic carbocycles. The van der Waals surface area contributed by atoms with Crippen molar-refractivity contribution in [2.75, 3.05) is 6.54 Å². The maximum absolute atomic E-state index is 13.4. The fourth-order valence-electron chi connectivity index (χ4n) is 2.30. The van der Waals surface area contributed by atoms with Crippen molar-refractivity contribution in [1.82, 2.24) is 5.32 Å². The number of carbonyl (C=O) groups excluding carboxylic acids is 3. The predicted molar refractivity (Wildman–Crippen MR) is 73.0 cm³/mol. The number of halogens is 1. The van der Waals surface area contributed by atoms with Crippen LogP contribution in [0.15, 0.2) is 23.8 Å². The van der Waals surface area contributed by atoms with Crippen LogP contribution in [0.1, 0.15) is 18.1 Å². The van der Waals surface area contributed by atoms with E-state index in [1.807, 2.05) is 0 Å². The Kier molecular flexibility index (Phi) is 3.78. The van der Waals surface area contributed by atoms with Crippen LogP contribution in [0, 0.1) is 17.1 Å². The van der Waals surface area contributed by atoms with Gasteiger partial charge in [0.25, 0.3) is 5.91 Å². The van der Waals surface area contributed by atoms with Crippen molar-refractivity contribution in [3.63, 3.8) is 0 Å². The summed E-state index contributed by atoms with van der Waals surface area (Å²) in [4.78, 5) is 34.7. The highest BCUT2D eigenvalue weighted by molar-refractivity contribution is 6.29. The van der Waals surface area contributed by atoms with Gasteiger partial charge in [-0.25, -0.2) is 4.39 Å². The van der Waals surface area contributed by atoms with Gasteiger partial charge in [0, 0.05) is 5.56 Å². The maximum Gasteiger partial charge on any atom is 0.259 e. The third kappa shape index (κ3) is 2.15. The van der Waals surface area contributed by atoms with Gasteiger partial charge in [0.2, 0.25) is 0 Å². The molecule has 7 heteroatoms. The third-order valence-corrected chi connectivity index (χ3v) is 3.49. The molecule has 0 bridgehead atoms. The number of nitriles is 1. The fourth-order valence-corrected chi connectivity index (χ4v) is 2.30. The van der Waals surface area contributed by atoms with E-state index in [4.69, 9.17) is 0 Å². The van der Waals surface area contributed by atoms with E-state index < -0.39 is 34.3 Å². The maximum atomic E-state index is 13.4. The van der Waals surface area contributed by atoms with Crippen LogP contribution in [0.25, 0.3) is 5.76 Å². The molecular weight excluding hydrogens is 291 g/mol. The molecule has 6 nitrogen and oxygen atoms in total. The molecule has 2 N–H and O–H groups in total. The van der Waals surface area contributed by atoms with E-state index >= 15 is 0 Å². The van der Waals surface area contributed by atoms with Crippen molar-refractivity contribution in [3.05, 3.63) is 40.7 Å². The van der Waals surface area contributed by atoms with E-state index in [2.05, 4.69) is 5.32 Å². The summed E-state index contributed by atoms with van der Waals surface area (Å²) in [6.07, 6.45) is 0.412. The number of aldehydes is 1. The number of fused-ring (bicyclic) bond motifs is 1. The second kappa shape index (κ2) is 5.41. The molecule has 0 fully saturated rings. The standard InChI is InChI=1S/C15H11FN2O4/c1-15(7-17)10-6-8(16)2-3-9(10)12(20)11(13(15)21)14(22)18-4-5-19/h2-3,5-6,20H,4H2,1H3,(H,18,22)/t15-/m0/s1. The zero-order valence-electron chi connectivity index (χ0n) is 11.5. The summed E-state index contributed by atoms with van der Waals surface area (Å²) in [6.45, 7) is 0.898. The van der Waals surface area contributed by atoms with E-state index in [9.17, 15) is 29.1 Å². The van der Waals surface area contributed by atoms with Crippen molar-refractivity contribution in [2.24, 2.45) is 0 Å². The van der Waals surface area contributed by atoms with Gasteiger partial charge in [-0.05, 0) is 30.7 Å².